The molecule has 0 aliphatic rings. The van der Waals surface area contributed by atoms with E-state index in [0.29, 0.717) is 11.2 Å². The van der Waals surface area contributed by atoms with Crippen LogP contribution in [-0.2, 0) is 0 Å². The standard InChI is InChI=1S/C6H6N4O.C2H6/c1-4-5-6(11)7-2-9-10(5)3-8-4;1-2/h2-3H,1H3,(H,7,9,11);1-2H3. The van der Waals surface area contributed by atoms with Crippen molar-refractivity contribution in [2.75, 3.05) is 0 Å². The fraction of sp³-hybridized carbons (Fsp3) is 0.375. The van der Waals surface area contributed by atoms with Gasteiger partial charge in [0.15, 0.2) is 5.52 Å². The van der Waals surface area contributed by atoms with Crippen molar-refractivity contribution in [3.8, 4) is 0 Å². The molecule has 5 nitrogen and oxygen atoms in total. The van der Waals surface area contributed by atoms with Crippen LogP contribution in [-0.4, -0.2) is 19.6 Å². The zero-order valence-electron chi connectivity index (χ0n) is 7.90. The van der Waals surface area contributed by atoms with Crippen LogP contribution < -0.4 is 5.56 Å². The summed E-state index contributed by atoms with van der Waals surface area (Å²) in [5.41, 5.74) is 1.04. The molecule has 0 atom stereocenters. The highest BCUT2D eigenvalue weighted by Crippen LogP contribution is 1.97. The first-order valence-corrected chi connectivity index (χ1v) is 4.16. The molecule has 13 heavy (non-hydrogen) atoms. The van der Waals surface area contributed by atoms with Crippen molar-refractivity contribution in [2.45, 2.75) is 20.8 Å². The second kappa shape index (κ2) is 3.84. The molecule has 0 amide bonds. The summed E-state index contributed by atoms with van der Waals surface area (Å²) in [6, 6.07) is 0. The van der Waals surface area contributed by atoms with Crippen molar-refractivity contribution >= 4 is 5.52 Å². The van der Waals surface area contributed by atoms with E-state index in [0.717, 1.165) is 0 Å². The molecule has 0 fully saturated rings. The number of hydrogen-bond donors (Lipinski definition) is 1. The molecule has 1 N–H and O–H groups in total. The van der Waals surface area contributed by atoms with Crippen LogP contribution >= 0.6 is 0 Å². The van der Waals surface area contributed by atoms with Crippen molar-refractivity contribution in [3.63, 3.8) is 0 Å². The molecule has 0 aliphatic carbocycles. The predicted molar refractivity (Wildman–Crippen MR) is 49.7 cm³/mol. The van der Waals surface area contributed by atoms with Gasteiger partial charge in [-0.2, -0.15) is 5.10 Å². The highest BCUT2D eigenvalue weighted by Gasteiger charge is 2.02. The van der Waals surface area contributed by atoms with E-state index in [1.165, 1.54) is 17.2 Å². The lowest BCUT2D eigenvalue weighted by atomic mass is 10.4. The fourth-order valence-electron chi connectivity index (χ4n) is 1.000. The van der Waals surface area contributed by atoms with Crippen LogP contribution in [0, 0.1) is 6.92 Å². The van der Waals surface area contributed by atoms with Gasteiger partial charge in [0.1, 0.15) is 12.7 Å². The Hall–Kier alpha value is -1.65. The van der Waals surface area contributed by atoms with Crippen LogP contribution in [0.3, 0.4) is 0 Å². The van der Waals surface area contributed by atoms with Gasteiger partial charge in [-0.05, 0) is 6.92 Å². The second-order valence-electron chi connectivity index (χ2n) is 2.24. The van der Waals surface area contributed by atoms with Gasteiger partial charge in [-0.25, -0.2) is 9.50 Å². The van der Waals surface area contributed by atoms with Gasteiger partial charge in [-0.3, -0.25) is 4.79 Å². The third kappa shape index (κ3) is 1.58. The quantitative estimate of drug-likeness (QED) is 0.650. The molecule has 0 aliphatic heterocycles. The predicted octanol–water partition coefficient (Wildman–Crippen LogP) is 0.752. The topological polar surface area (TPSA) is 63.1 Å². The summed E-state index contributed by atoms with van der Waals surface area (Å²) < 4.78 is 1.45. The maximum Gasteiger partial charge on any atom is 0.277 e. The molecule has 2 heterocycles. The Kier molecular flexibility index (Phi) is 2.79. The Bertz CT molecular complexity index is 443. The lowest BCUT2D eigenvalue weighted by molar-refractivity contribution is 0.879. The van der Waals surface area contributed by atoms with Crippen molar-refractivity contribution in [1.82, 2.24) is 19.6 Å². The summed E-state index contributed by atoms with van der Waals surface area (Å²) in [6.45, 7) is 5.77. The fourth-order valence-corrected chi connectivity index (χ4v) is 1.000. The number of aromatic amines is 1. The number of nitrogens with zero attached hydrogens (tertiary/aromatic N) is 3. The van der Waals surface area contributed by atoms with Gasteiger partial charge in [-0.1, -0.05) is 13.8 Å². The Balaban J connectivity index is 0.000000396. The third-order valence-electron chi connectivity index (χ3n) is 1.53. The van der Waals surface area contributed by atoms with Gasteiger partial charge in [0, 0.05) is 0 Å². The number of aryl methyl sites for hydroxylation is 1. The van der Waals surface area contributed by atoms with E-state index < -0.39 is 0 Å². The van der Waals surface area contributed by atoms with Gasteiger partial charge in [0.25, 0.3) is 5.56 Å². The number of rotatable bonds is 0. The van der Waals surface area contributed by atoms with Crippen LogP contribution in [0.5, 0.6) is 0 Å². The summed E-state index contributed by atoms with van der Waals surface area (Å²) in [5, 5.41) is 3.86. The van der Waals surface area contributed by atoms with E-state index in [1.54, 1.807) is 6.92 Å². The molecule has 2 aromatic heterocycles. The van der Waals surface area contributed by atoms with Gasteiger partial charge in [0.05, 0.1) is 5.69 Å². The summed E-state index contributed by atoms with van der Waals surface area (Å²) >= 11 is 0. The van der Waals surface area contributed by atoms with Gasteiger partial charge >= 0.3 is 0 Å². The average molecular weight is 180 g/mol. The molecule has 5 heteroatoms. The van der Waals surface area contributed by atoms with Crippen molar-refractivity contribution < 1.29 is 0 Å². The van der Waals surface area contributed by atoms with E-state index >= 15 is 0 Å². The number of imidazole rings is 1. The maximum absolute atomic E-state index is 11.1. The van der Waals surface area contributed by atoms with Crippen molar-refractivity contribution in [3.05, 3.63) is 28.7 Å². The van der Waals surface area contributed by atoms with Crippen LogP contribution in [0.25, 0.3) is 5.52 Å². The average Bonchev–Trinajstić information content (AvgIpc) is 2.53. The zero-order chi connectivity index (χ0) is 9.84. The van der Waals surface area contributed by atoms with E-state index in [4.69, 9.17) is 0 Å². The molecular weight excluding hydrogens is 168 g/mol. The van der Waals surface area contributed by atoms with Crippen LogP contribution in [0.4, 0.5) is 0 Å². The summed E-state index contributed by atoms with van der Waals surface area (Å²) in [7, 11) is 0. The molecule has 2 aromatic rings. The summed E-state index contributed by atoms with van der Waals surface area (Å²) in [4.78, 5) is 17.5. The third-order valence-corrected chi connectivity index (χ3v) is 1.53. The molecule has 0 bridgehead atoms. The molecule has 0 saturated heterocycles. The minimum atomic E-state index is -0.157. The Morgan fingerprint density at radius 2 is 2.15 bits per heavy atom. The van der Waals surface area contributed by atoms with Crippen LogP contribution in [0.2, 0.25) is 0 Å². The number of H-pyrrole nitrogens is 1. The second-order valence-corrected chi connectivity index (χ2v) is 2.24. The highest BCUT2D eigenvalue weighted by atomic mass is 16.1. The van der Waals surface area contributed by atoms with Crippen molar-refractivity contribution in [2.24, 2.45) is 0 Å². The lowest BCUT2D eigenvalue weighted by Gasteiger charge is -1.88. The number of nitrogens with one attached hydrogen (secondary N) is 1. The van der Waals surface area contributed by atoms with Gasteiger partial charge in [-0.15, -0.1) is 0 Å². The number of aromatic nitrogens is 4. The first-order valence-electron chi connectivity index (χ1n) is 4.16. The van der Waals surface area contributed by atoms with E-state index in [2.05, 4.69) is 15.1 Å². The van der Waals surface area contributed by atoms with E-state index in [1.807, 2.05) is 13.8 Å². The van der Waals surface area contributed by atoms with Crippen LogP contribution in [0.1, 0.15) is 19.5 Å². The van der Waals surface area contributed by atoms with Crippen molar-refractivity contribution in [1.29, 1.82) is 0 Å². The summed E-state index contributed by atoms with van der Waals surface area (Å²) in [6.07, 6.45) is 2.86. The molecule has 2 rings (SSSR count). The highest BCUT2D eigenvalue weighted by molar-refractivity contribution is 5.47. The number of fused-ring (bicyclic) bond motifs is 1. The van der Waals surface area contributed by atoms with Crippen LogP contribution in [0.15, 0.2) is 17.4 Å². The zero-order valence-corrected chi connectivity index (χ0v) is 7.90. The monoisotopic (exact) mass is 180 g/mol. The van der Waals surface area contributed by atoms with Gasteiger partial charge in [0.2, 0.25) is 0 Å². The van der Waals surface area contributed by atoms with E-state index in [-0.39, 0.29) is 5.56 Å². The molecule has 0 aromatic carbocycles. The molecule has 0 spiro atoms. The molecular formula is C8H12N4O. The minimum Gasteiger partial charge on any atom is -0.310 e. The molecule has 0 radical (unpaired) electrons. The SMILES string of the molecule is CC.Cc1ncn2nc[nH]c(=O)c12. The lowest BCUT2D eigenvalue weighted by Crippen LogP contribution is -2.10. The Morgan fingerprint density at radius 1 is 1.46 bits per heavy atom. The maximum atomic E-state index is 11.1. The summed E-state index contributed by atoms with van der Waals surface area (Å²) in [5.74, 6) is 0. The smallest absolute Gasteiger partial charge is 0.277 e. The normalized spacial score (nSPS) is 9.46. The Labute approximate surface area is 75.4 Å². The Morgan fingerprint density at radius 3 is 2.77 bits per heavy atom. The largest absolute Gasteiger partial charge is 0.310 e. The first-order chi connectivity index (χ1) is 6.29. The molecule has 0 saturated carbocycles. The number of hydrogen-bond acceptors (Lipinski definition) is 3. The molecule has 70 valence electrons. The minimum absolute atomic E-state index is 0.157. The van der Waals surface area contributed by atoms with Gasteiger partial charge < -0.3 is 4.98 Å². The first kappa shape index (κ1) is 9.44. The molecule has 0 unspecified atom stereocenters. The van der Waals surface area contributed by atoms with E-state index in [9.17, 15) is 4.79 Å².